The number of nitrogens with one attached hydrogen (secondary N) is 1. The van der Waals surface area contributed by atoms with E-state index in [1.807, 2.05) is 35.2 Å². The van der Waals surface area contributed by atoms with E-state index >= 15 is 0 Å². The van der Waals surface area contributed by atoms with E-state index in [2.05, 4.69) is 64.8 Å². The molecule has 2 aliphatic heterocycles. The van der Waals surface area contributed by atoms with Gasteiger partial charge >= 0.3 is 0 Å². The third-order valence-electron chi connectivity index (χ3n) is 8.36. The Kier molecular flexibility index (Phi) is 9.20. The summed E-state index contributed by atoms with van der Waals surface area (Å²) in [5.41, 5.74) is 9.46. The van der Waals surface area contributed by atoms with Crippen LogP contribution in [0.3, 0.4) is 0 Å². The number of carbonyl (C=O) groups excluding carboxylic acids is 2. The third-order valence-corrected chi connectivity index (χ3v) is 8.61. The van der Waals surface area contributed by atoms with Crippen molar-refractivity contribution in [3.8, 4) is 0 Å². The van der Waals surface area contributed by atoms with E-state index in [0.29, 0.717) is 23.9 Å². The smallest absolute Gasteiger partial charge is 0.245 e. The second kappa shape index (κ2) is 13.0. The highest BCUT2D eigenvalue weighted by Crippen LogP contribution is 2.35. The molecule has 3 aromatic carbocycles. The monoisotopic (exact) mass is 558 g/mol. The molecule has 210 valence electrons. The Labute approximate surface area is 242 Å². The molecule has 3 N–H and O–H groups in total. The molecule has 6 nitrogen and oxygen atoms in total. The van der Waals surface area contributed by atoms with Gasteiger partial charge in [-0.15, -0.1) is 0 Å². The molecular formula is C33H39ClN4O2. The number of carbonyl (C=O) groups is 2. The Morgan fingerprint density at radius 2 is 1.55 bits per heavy atom. The predicted molar refractivity (Wildman–Crippen MR) is 160 cm³/mol. The van der Waals surface area contributed by atoms with Gasteiger partial charge in [0.1, 0.15) is 6.04 Å². The van der Waals surface area contributed by atoms with Crippen molar-refractivity contribution < 1.29 is 9.59 Å². The largest absolute Gasteiger partial charge is 0.343 e. The Hall–Kier alpha value is -3.19. The van der Waals surface area contributed by atoms with Gasteiger partial charge in [-0.25, -0.2) is 0 Å². The summed E-state index contributed by atoms with van der Waals surface area (Å²) < 4.78 is 0. The quantitative estimate of drug-likeness (QED) is 0.403. The molecule has 0 radical (unpaired) electrons. The van der Waals surface area contributed by atoms with Gasteiger partial charge < -0.3 is 20.9 Å². The van der Waals surface area contributed by atoms with Crippen LogP contribution in [0.4, 0.5) is 0 Å². The fourth-order valence-corrected chi connectivity index (χ4v) is 6.31. The molecule has 2 heterocycles. The van der Waals surface area contributed by atoms with Crippen molar-refractivity contribution in [3.05, 3.63) is 107 Å². The number of likely N-dealkylation sites (tertiary alicyclic amines) is 2. The summed E-state index contributed by atoms with van der Waals surface area (Å²) in [5.74, 6) is 0.391. The Balaban J connectivity index is 1.36. The number of hydrogen-bond donors (Lipinski definition) is 2. The van der Waals surface area contributed by atoms with E-state index < -0.39 is 12.1 Å². The molecule has 2 amide bonds. The second-order valence-corrected chi connectivity index (χ2v) is 11.8. The standard InChI is InChI=1S/C33H39ClN4O2/c1-23(35)32(39)36-31(18-24-12-14-29(34)15-13-24)33(40)38-21-28(26-10-6-3-7-11-26)19-30(38)22-37-17-16-27(20-37)25-8-4-2-5-9-25/h2-15,23,27-28,30-31H,16-22,35H2,1H3,(H,36,39)/t23-,27?,28-,30-,31-/m0/s1. The molecule has 2 aliphatic rings. The minimum absolute atomic E-state index is 0.0498. The van der Waals surface area contributed by atoms with Gasteiger partial charge in [0, 0.05) is 43.0 Å². The number of hydrogen-bond acceptors (Lipinski definition) is 4. The first kappa shape index (κ1) is 28.3. The van der Waals surface area contributed by atoms with E-state index in [9.17, 15) is 9.59 Å². The van der Waals surface area contributed by atoms with E-state index in [-0.39, 0.29) is 23.8 Å². The van der Waals surface area contributed by atoms with E-state index in [4.69, 9.17) is 17.3 Å². The summed E-state index contributed by atoms with van der Waals surface area (Å²) in [7, 11) is 0. The molecule has 5 atom stereocenters. The van der Waals surface area contributed by atoms with Crippen molar-refractivity contribution >= 4 is 23.4 Å². The normalized spacial score (nSPS) is 22.7. The van der Waals surface area contributed by atoms with Crippen molar-refractivity contribution in [2.75, 3.05) is 26.2 Å². The lowest BCUT2D eigenvalue weighted by molar-refractivity contribution is -0.137. The molecule has 0 spiro atoms. The first-order valence-corrected chi connectivity index (χ1v) is 14.7. The van der Waals surface area contributed by atoms with Crippen LogP contribution in [0, 0.1) is 0 Å². The number of halogens is 1. The van der Waals surface area contributed by atoms with E-state index in [1.54, 1.807) is 6.92 Å². The van der Waals surface area contributed by atoms with Crippen molar-refractivity contribution in [2.24, 2.45) is 5.73 Å². The van der Waals surface area contributed by atoms with Crippen molar-refractivity contribution in [1.29, 1.82) is 0 Å². The molecule has 2 fully saturated rings. The summed E-state index contributed by atoms with van der Waals surface area (Å²) in [5, 5.41) is 3.59. The number of nitrogens with zero attached hydrogens (tertiary/aromatic N) is 2. The lowest BCUT2D eigenvalue weighted by atomic mass is 9.96. The highest BCUT2D eigenvalue weighted by Gasteiger charge is 2.40. The molecule has 0 saturated carbocycles. The Morgan fingerprint density at radius 3 is 2.17 bits per heavy atom. The summed E-state index contributed by atoms with van der Waals surface area (Å²) in [6.07, 6.45) is 2.40. The zero-order valence-corrected chi connectivity index (χ0v) is 23.8. The van der Waals surface area contributed by atoms with Crippen LogP contribution in [-0.4, -0.2) is 65.9 Å². The lowest BCUT2D eigenvalue weighted by Crippen LogP contribution is -2.55. The summed E-state index contributed by atoms with van der Waals surface area (Å²) >= 11 is 6.10. The van der Waals surface area contributed by atoms with Gasteiger partial charge in [-0.2, -0.15) is 0 Å². The van der Waals surface area contributed by atoms with Crippen molar-refractivity contribution in [3.63, 3.8) is 0 Å². The molecule has 7 heteroatoms. The van der Waals surface area contributed by atoms with E-state index in [0.717, 1.165) is 38.0 Å². The lowest BCUT2D eigenvalue weighted by Gasteiger charge is -2.32. The molecule has 1 unspecified atom stereocenters. The van der Waals surface area contributed by atoms with Gasteiger partial charge in [0.05, 0.1) is 6.04 Å². The molecule has 0 aliphatic carbocycles. The fourth-order valence-electron chi connectivity index (χ4n) is 6.18. The Morgan fingerprint density at radius 1 is 0.925 bits per heavy atom. The van der Waals surface area contributed by atoms with Crippen LogP contribution in [0.2, 0.25) is 5.02 Å². The zero-order chi connectivity index (χ0) is 28.1. The van der Waals surface area contributed by atoms with Crippen LogP contribution >= 0.6 is 11.6 Å². The molecule has 0 aromatic heterocycles. The van der Waals surface area contributed by atoms with Crippen LogP contribution in [0.1, 0.15) is 48.3 Å². The van der Waals surface area contributed by atoms with Gasteiger partial charge in [0.15, 0.2) is 0 Å². The predicted octanol–water partition coefficient (Wildman–Crippen LogP) is 4.59. The maximum Gasteiger partial charge on any atom is 0.245 e. The molecule has 2 saturated heterocycles. The highest BCUT2D eigenvalue weighted by atomic mass is 35.5. The minimum Gasteiger partial charge on any atom is -0.343 e. The Bertz CT molecular complexity index is 1270. The van der Waals surface area contributed by atoms with Crippen molar-refractivity contribution in [1.82, 2.24) is 15.1 Å². The second-order valence-electron chi connectivity index (χ2n) is 11.3. The summed E-state index contributed by atoms with van der Waals surface area (Å²) in [6.45, 7) is 5.11. The zero-order valence-electron chi connectivity index (χ0n) is 23.1. The first-order chi connectivity index (χ1) is 19.4. The minimum atomic E-state index is -0.702. The van der Waals surface area contributed by atoms with Gasteiger partial charge in [0.2, 0.25) is 11.8 Å². The van der Waals surface area contributed by atoms with Crippen molar-refractivity contribution in [2.45, 2.75) is 56.1 Å². The van der Waals surface area contributed by atoms with Gasteiger partial charge in [-0.1, -0.05) is 84.4 Å². The SMILES string of the molecule is C[C@H](N)C(=O)N[C@@H](Cc1ccc(Cl)cc1)C(=O)N1C[C@@H](c2ccccc2)C[C@H]1CN1CCC(c2ccccc2)C1. The topological polar surface area (TPSA) is 78.7 Å². The number of amides is 2. The van der Waals surface area contributed by atoms with Crippen LogP contribution in [0.5, 0.6) is 0 Å². The average molecular weight is 559 g/mol. The van der Waals surface area contributed by atoms with Gasteiger partial charge in [-0.05, 0) is 61.1 Å². The van der Waals surface area contributed by atoms with Crippen LogP contribution in [-0.2, 0) is 16.0 Å². The maximum absolute atomic E-state index is 14.2. The van der Waals surface area contributed by atoms with E-state index in [1.165, 1.54) is 11.1 Å². The average Bonchev–Trinajstić information content (AvgIpc) is 3.62. The number of rotatable bonds is 9. The van der Waals surface area contributed by atoms with Crippen LogP contribution < -0.4 is 11.1 Å². The van der Waals surface area contributed by atoms with Gasteiger partial charge in [-0.3, -0.25) is 9.59 Å². The number of benzene rings is 3. The van der Waals surface area contributed by atoms with Crippen LogP contribution in [0.25, 0.3) is 0 Å². The third kappa shape index (κ3) is 6.92. The highest BCUT2D eigenvalue weighted by molar-refractivity contribution is 6.30. The summed E-state index contributed by atoms with van der Waals surface area (Å²) in [6, 6.07) is 27.3. The summed E-state index contributed by atoms with van der Waals surface area (Å²) in [4.78, 5) is 31.5. The van der Waals surface area contributed by atoms with Crippen LogP contribution in [0.15, 0.2) is 84.9 Å². The maximum atomic E-state index is 14.2. The fraction of sp³-hybridized carbons (Fsp3) is 0.394. The molecule has 40 heavy (non-hydrogen) atoms. The molecule has 5 rings (SSSR count). The first-order valence-electron chi connectivity index (χ1n) is 14.3. The molecule has 0 bridgehead atoms. The number of nitrogens with two attached hydrogens (primary N) is 1. The molecular weight excluding hydrogens is 520 g/mol. The van der Waals surface area contributed by atoms with Gasteiger partial charge in [0.25, 0.3) is 0 Å². The molecule has 3 aromatic rings.